The van der Waals surface area contributed by atoms with Crippen LogP contribution in [0.25, 0.3) is 78.4 Å². The number of rotatable bonds is 4. The Labute approximate surface area is 260 Å². The van der Waals surface area contributed by atoms with Gasteiger partial charge in [0.15, 0.2) is 0 Å². The molecular formula is C40H27N5. The van der Waals surface area contributed by atoms with Gasteiger partial charge in [-0.2, -0.15) is 0 Å². The maximum Gasteiger partial charge on any atom is 0.138 e. The number of pyridine rings is 3. The summed E-state index contributed by atoms with van der Waals surface area (Å²) in [6.07, 6.45) is 4.14. The van der Waals surface area contributed by atoms with E-state index in [9.17, 15) is 0 Å². The number of aromatic nitrogens is 4. The van der Waals surface area contributed by atoms with E-state index in [4.69, 9.17) is 15.0 Å². The van der Waals surface area contributed by atoms with Gasteiger partial charge in [0.05, 0.1) is 39.7 Å². The fourth-order valence-electron chi connectivity index (χ4n) is 6.64. The van der Waals surface area contributed by atoms with Crippen molar-refractivity contribution >= 4 is 38.5 Å². The number of fused-ring (bicyclic) bond motifs is 6. The van der Waals surface area contributed by atoms with Crippen molar-refractivity contribution in [2.24, 2.45) is 0 Å². The number of nitrogens with zero attached hydrogens (tertiary/aromatic N) is 4. The van der Waals surface area contributed by atoms with Crippen molar-refractivity contribution < 1.29 is 0 Å². The van der Waals surface area contributed by atoms with E-state index in [1.165, 1.54) is 32.5 Å². The molecule has 4 aromatic heterocycles. The van der Waals surface area contributed by atoms with Gasteiger partial charge in [0.25, 0.3) is 0 Å². The van der Waals surface area contributed by atoms with Crippen molar-refractivity contribution in [1.82, 2.24) is 24.8 Å². The predicted octanol–water partition coefficient (Wildman–Crippen LogP) is 9.20. The standard InChI is InChI=1S/C40H27N5/c1-2-11-27-26(10-1)24-31(29-13-4-3-12-28(27)29)33-15-7-16-34(42-33)35-17-8-18-36(43-35)37-19-9-21-40(44-37)45-38-20-6-5-14-30(38)32-25-41-23-22-39(32)45/h1-24,41H,25H2. The largest absolute Gasteiger partial charge is 0.387 e. The van der Waals surface area contributed by atoms with E-state index >= 15 is 0 Å². The van der Waals surface area contributed by atoms with Crippen LogP contribution in [0, 0.1) is 0 Å². The molecule has 0 fully saturated rings. The van der Waals surface area contributed by atoms with Crippen LogP contribution in [0.4, 0.5) is 0 Å². The minimum atomic E-state index is 0.795. The molecule has 5 nitrogen and oxygen atoms in total. The molecule has 8 aromatic rings. The number of benzene rings is 4. The minimum Gasteiger partial charge on any atom is -0.387 e. The molecule has 1 aliphatic rings. The Morgan fingerprint density at radius 3 is 1.91 bits per heavy atom. The molecule has 0 bridgehead atoms. The fraction of sp³-hybridized carbons (Fsp3) is 0.0250. The maximum absolute atomic E-state index is 5.14. The number of para-hydroxylation sites is 1. The van der Waals surface area contributed by atoms with Crippen LogP contribution in [-0.2, 0) is 6.54 Å². The summed E-state index contributed by atoms with van der Waals surface area (Å²) in [5.41, 5.74) is 8.88. The van der Waals surface area contributed by atoms with Crippen LogP contribution in [0.5, 0.6) is 0 Å². The SMILES string of the molecule is C1=Cc2c(c3ccccc3n2-c2cccc(-c3cccc(-c4cccc(-c5cc6ccccc6c6ccccc56)n4)n3)n2)CN1. The molecule has 0 amide bonds. The Balaban J connectivity index is 1.13. The zero-order valence-corrected chi connectivity index (χ0v) is 24.4. The zero-order valence-electron chi connectivity index (χ0n) is 24.4. The molecule has 212 valence electrons. The summed E-state index contributed by atoms with van der Waals surface area (Å²) >= 11 is 0. The van der Waals surface area contributed by atoms with Gasteiger partial charge in [-0.1, -0.05) is 84.9 Å². The van der Waals surface area contributed by atoms with Gasteiger partial charge < -0.3 is 5.32 Å². The van der Waals surface area contributed by atoms with Gasteiger partial charge in [-0.3, -0.25) is 4.57 Å². The molecule has 0 radical (unpaired) electrons. The van der Waals surface area contributed by atoms with E-state index < -0.39 is 0 Å². The highest BCUT2D eigenvalue weighted by molar-refractivity contribution is 6.13. The zero-order chi connectivity index (χ0) is 29.7. The third-order valence-electron chi connectivity index (χ3n) is 8.69. The average Bonchev–Trinajstić information content (AvgIpc) is 3.46. The molecule has 0 spiro atoms. The van der Waals surface area contributed by atoms with Crippen LogP contribution >= 0.6 is 0 Å². The Morgan fingerprint density at radius 1 is 0.511 bits per heavy atom. The quantitative estimate of drug-likeness (QED) is 0.212. The molecule has 9 rings (SSSR count). The summed E-state index contributed by atoms with van der Waals surface area (Å²) in [5, 5.41) is 9.46. The van der Waals surface area contributed by atoms with Crippen molar-refractivity contribution in [2.75, 3.05) is 0 Å². The lowest BCUT2D eigenvalue weighted by Gasteiger charge is -2.13. The highest BCUT2D eigenvalue weighted by atomic mass is 15.1. The Hall–Kier alpha value is -6.07. The summed E-state index contributed by atoms with van der Waals surface area (Å²) in [7, 11) is 0. The van der Waals surface area contributed by atoms with Crippen LogP contribution in [0.2, 0.25) is 0 Å². The van der Waals surface area contributed by atoms with Gasteiger partial charge in [-0.05, 0) is 82.4 Å². The summed E-state index contributed by atoms with van der Waals surface area (Å²) in [6.45, 7) is 0.795. The molecule has 1 aliphatic heterocycles. The van der Waals surface area contributed by atoms with E-state index in [1.807, 2.05) is 36.5 Å². The van der Waals surface area contributed by atoms with Crippen molar-refractivity contribution in [3.63, 3.8) is 0 Å². The van der Waals surface area contributed by atoms with Gasteiger partial charge in [-0.15, -0.1) is 0 Å². The van der Waals surface area contributed by atoms with Gasteiger partial charge >= 0.3 is 0 Å². The predicted molar refractivity (Wildman–Crippen MR) is 184 cm³/mol. The lowest BCUT2D eigenvalue weighted by molar-refractivity contribution is 0.852. The van der Waals surface area contributed by atoms with Crippen LogP contribution in [0.3, 0.4) is 0 Å². The van der Waals surface area contributed by atoms with E-state index in [2.05, 4.69) is 119 Å². The highest BCUT2D eigenvalue weighted by Gasteiger charge is 2.19. The van der Waals surface area contributed by atoms with Crippen molar-refractivity contribution in [3.05, 3.63) is 151 Å². The molecule has 0 saturated heterocycles. The molecule has 4 aromatic carbocycles. The van der Waals surface area contributed by atoms with E-state index in [-0.39, 0.29) is 0 Å². The lowest BCUT2D eigenvalue weighted by Crippen LogP contribution is -2.11. The van der Waals surface area contributed by atoms with Crippen LogP contribution < -0.4 is 5.32 Å². The van der Waals surface area contributed by atoms with E-state index in [0.717, 1.165) is 57.6 Å². The number of hydrogen-bond acceptors (Lipinski definition) is 4. The number of nitrogens with one attached hydrogen (secondary N) is 1. The number of hydrogen-bond donors (Lipinski definition) is 1. The first-order valence-corrected chi connectivity index (χ1v) is 15.2. The fourth-order valence-corrected chi connectivity index (χ4v) is 6.64. The summed E-state index contributed by atoms with van der Waals surface area (Å²) in [6, 6.07) is 46.3. The van der Waals surface area contributed by atoms with Crippen molar-refractivity contribution in [3.8, 4) is 39.9 Å². The molecular weight excluding hydrogens is 550 g/mol. The average molecular weight is 578 g/mol. The lowest BCUT2D eigenvalue weighted by atomic mass is 9.95. The second kappa shape index (κ2) is 10.3. The maximum atomic E-state index is 5.14. The van der Waals surface area contributed by atoms with Crippen molar-refractivity contribution in [2.45, 2.75) is 6.54 Å². The van der Waals surface area contributed by atoms with Gasteiger partial charge in [-0.25, -0.2) is 15.0 Å². The summed E-state index contributed by atoms with van der Waals surface area (Å²) in [5.74, 6) is 0.868. The highest BCUT2D eigenvalue weighted by Crippen LogP contribution is 2.35. The molecule has 0 unspecified atom stereocenters. The van der Waals surface area contributed by atoms with Crippen LogP contribution in [0.15, 0.2) is 140 Å². The van der Waals surface area contributed by atoms with Crippen LogP contribution in [0.1, 0.15) is 11.3 Å². The van der Waals surface area contributed by atoms with Gasteiger partial charge in [0.1, 0.15) is 5.82 Å². The molecule has 0 atom stereocenters. The van der Waals surface area contributed by atoms with Crippen LogP contribution in [-0.4, -0.2) is 19.5 Å². The monoisotopic (exact) mass is 577 g/mol. The second-order valence-corrected chi connectivity index (χ2v) is 11.3. The Morgan fingerprint density at radius 2 is 1.11 bits per heavy atom. The van der Waals surface area contributed by atoms with E-state index in [0.29, 0.717) is 0 Å². The topological polar surface area (TPSA) is 55.6 Å². The molecule has 45 heavy (non-hydrogen) atoms. The van der Waals surface area contributed by atoms with Gasteiger partial charge in [0.2, 0.25) is 0 Å². The molecule has 1 N–H and O–H groups in total. The molecule has 0 aliphatic carbocycles. The first-order chi connectivity index (χ1) is 22.3. The minimum absolute atomic E-state index is 0.795. The molecule has 5 heterocycles. The summed E-state index contributed by atoms with van der Waals surface area (Å²) in [4.78, 5) is 15.4. The summed E-state index contributed by atoms with van der Waals surface area (Å²) < 4.78 is 2.24. The first-order valence-electron chi connectivity index (χ1n) is 15.2. The third-order valence-corrected chi connectivity index (χ3v) is 8.69. The van der Waals surface area contributed by atoms with Crippen molar-refractivity contribution in [1.29, 1.82) is 0 Å². The molecule has 0 saturated carbocycles. The van der Waals surface area contributed by atoms with Gasteiger partial charge in [0, 0.05) is 23.1 Å². The normalized spacial score (nSPS) is 12.4. The first kappa shape index (κ1) is 25.4. The Bertz CT molecular complexity index is 2450. The molecule has 5 heteroatoms. The van der Waals surface area contributed by atoms with E-state index in [1.54, 1.807) is 0 Å². The second-order valence-electron chi connectivity index (χ2n) is 11.3. The smallest absolute Gasteiger partial charge is 0.138 e. The Kier molecular flexibility index (Phi) is 5.81. The third kappa shape index (κ3) is 4.20.